The lowest BCUT2D eigenvalue weighted by Crippen LogP contribution is -2.29. The fraction of sp³-hybridized carbons (Fsp3) is 0.889. The summed E-state index contributed by atoms with van der Waals surface area (Å²) >= 11 is 0. The van der Waals surface area contributed by atoms with Crippen LogP contribution < -0.4 is 0 Å². The minimum Gasteiger partial charge on any atom is -0.520 e. The molecule has 0 aromatic rings. The molecule has 13 heavy (non-hydrogen) atoms. The lowest BCUT2D eigenvalue weighted by atomic mass is 10.3. The van der Waals surface area contributed by atoms with Gasteiger partial charge in [0.25, 0.3) is 5.97 Å². The van der Waals surface area contributed by atoms with Crippen molar-refractivity contribution in [2.24, 2.45) is 0 Å². The van der Waals surface area contributed by atoms with Crippen molar-refractivity contribution in [1.29, 1.82) is 0 Å². The second-order valence-electron chi connectivity index (χ2n) is 3.89. The van der Waals surface area contributed by atoms with Gasteiger partial charge in [0, 0.05) is 19.6 Å². The van der Waals surface area contributed by atoms with Crippen molar-refractivity contribution in [3.8, 4) is 0 Å². The molecule has 0 aliphatic rings. The summed E-state index contributed by atoms with van der Waals surface area (Å²) < 4.78 is 10.4. The zero-order chi connectivity index (χ0) is 10.3. The van der Waals surface area contributed by atoms with Gasteiger partial charge in [-0.1, -0.05) is 0 Å². The van der Waals surface area contributed by atoms with Crippen LogP contribution in [0.25, 0.3) is 0 Å². The molecular formula is C9H20O3Si. The smallest absolute Gasteiger partial charge is 0.292 e. The maximum absolute atomic E-state index is 11.2. The van der Waals surface area contributed by atoms with Crippen molar-refractivity contribution in [2.75, 3.05) is 13.2 Å². The Bertz CT molecular complexity index is 151. The van der Waals surface area contributed by atoms with Gasteiger partial charge in [0.2, 0.25) is 8.32 Å². The van der Waals surface area contributed by atoms with Gasteiger partial charge in [-0.2, -0.15) is 0 Å². The molecule has 0 aromatic heterocycles. The molecule has 0 fully saturated rings. The van der Waals surface area contributed by atoms with E-state index in [1.54, 1.807) is 0 Å². The van der Waals surface area contributed by atoms with Gasteiger partial charge in [0.1, 0.15) is 0 Å². The summed E-state index contributed by atoms with van der Waals surface area (Å²) in [6, 6.07) is 0. The quantitative estimate of drug-likeness (QED) is 0.491. The highest BCUT2D eigenvalue weighted by atomic mass is 28.4. The average Bonchev–Trinajstić information content (AvgIpc) is 1.94. The van der Waals surface area contributed by atoms with Crippen molar-refractivity contribution < 1.29 is 14.0 Å². The van der Waals surface area contributed by atoms with Gasteiger partial charge < -0.3 is 9.16 Å². The van der Waals surface area contributed by atoms with Crippen LogP contribution in [0, 0.1) is 0 Å². The first-order chi connectivity index (χ1) is 5.95. The number of rotatable bonds is 6. The molecule has 0 aromatic carbocycles. The van der Waals surface area contributed by atoms with Crippen molar-refractivity contribution in [2.45, 2.75) is 39.4 Å². The monoisotopic (exact) mass is 204 g/mol. The Morgan fingerprint density at radius 1 is 1.31 bits per heavy atom. The van der Waals surface area contributed by atoms with E-state index < -0.39 is 8.32 Å². The topological polar surface area (TPSA) is 35.5 Å². The molecule has 0 spiro atoms. The molecule has 0 aliphatic heterocycles. The third-order valence-corrected chi connectivity index (χ3v) is 2.13. The minimum atomic E-state index is -1.68. The maximum atomic E-state index is 11.2. The summed E-state index contributed by atoms with van der Waals surface area (Å²) in [6.45, 7) is 9.33. The van der Waals surface area contributed by atoms with Crippen LogP contribution in [0.5, 0.6) is 0 Å². The van der Waals surface area contributed by atoms with Gasteiger partial charge in [-0.15, -0.1) is 0 Å². The molecule has 0 amide bonds. The second kappa shape index (κ2) is 6.15. The van der Waals surface area contributed by atoms with E-state index in [0.29, 0.717) is 19.6 Å². The zero-order valence-electron chi connectivity index (χ0n) is 9.05. The number of carbonyl (C=O) groups is 1. The molecule has 0 atom stereocenters. The van der Waals surface area contributed by atoms with E-state index in [-0.39, 0.29) is 5.97 Å². The normalized spacial score (nSPS) is 11.4. The molecule has 0 saturated carbocycles. The minimum absolute atomic E-state index is 0.0844. The van der Waals surface area contributed by atoms with E-state index >= 15 is 0 Å². The van der Waals surface area contributed by atoms with E-state index in [2.05, 4.69) is 0 Å². The van der Waals surface area contributed by atoms with Gasteiger partial charge >= 0.3 is 0 Å². The first kappa shape index (κ1) is 12.6. The van der Waals surface area contributed by atoms with E-state index in [1.807, 2.05) is 26.6 Å². The number of hydrogen-bond donors (Lipinski definition) is 0. The van der Waals surface area contributed by atoms with Gasteiger partial charge in [0.15, 0.2) is 0 Å². The van der Waals surface area contributed by atoms with E-state index in [4.69, 9.17) is 9.16 Å². The molecule has 0 unspecified atom stereocenters. The molecule has 4 heteroatoms. The summed E-state index contributed by atoms with van der Waals surface area (Å²) in [5.74, 6) is -0.0844. The van der Waals surface area contributed by atoms with Crippen LogP contribution in [0.2, 0.25) is 19.6 Å². The zero-order valence-corrected chi connectivity index (χ0v) is 10.1. The SMILES string of the molecule is CCOCCCC(=O)O[Si](C)(C)C. The lowest BCUT2D eigenvalue weighted by molar-refractivity contribution is -0.135. The number of carbonyl (C=O) groups excluding carboxylic acids is 1. The van der Waals surface area contributed by atoms with Gasteiger partial charge in [-0.05, 0) is 33.0 Å². The Labute approximate surface area is 81.6 Å². The second-order valence-corrected chi connectivity index (χ2v) is 8.32. The summed E-state index contributed by atoms with van der Waals surface area (Å²) in [7, 11) is -1.68. The van der Waals surface area contributed by atoms with Crippen LogP contribution in [0.3, 0.4) is 0 Å². The van der Waals surface area contributed by atoms with Crippen LogP contribution in [0.1, 0.15) is 19.8 Å². The molecule has 0 saturated heterocycles. The summed E-state index contributed by atoms with van der Waals surface area (Å²) in [5, 5.41) is 0. The van der Waals surface area contributed by atoms with E-state index in [0.717, 1.165) is 6.42 Å². The van der Waals surface area contributed by atoms with Crippen LogP contribution in [0.4, 0.5) is 0 Å². The van der Waals surface area contributed by atoms with Gasteiger partial charge in [-0.25, -0.2) is 0 Å². The lowest BCUT2D eigenvalue weighted by Gasteiger charge is -2.16. The largest absolute Gasteiger partial charge is 0.520 e. The Hall–Kier alpha value is -0.353. The first-order valence-electron chi connectivity index (χ1n) is 4.75. The van der Waals surface area contributed by atoms with Gasteiger partial charge in [0.05, 0.1) is 0 Å². The third kappa shape index (κ3) is 9.56. The Kier molecular flexibility index (Phi) is 5.99. The molecule has 0 heterocycles. The fourth-order valence-electron chi connectivity index (χ4n) is 0.855. The fourth-order valence-corrected chi connectivity index (χ4v) is 1.64. The summed E-state index contributed by atoms with van der Waals surface area (Å²) in [5.41, 5.74) is 0. The van der Waals surface area contributed by atoms with Crippen molar-refractivity contribution >= 4 is 14.3 Å². The molecule has 0 aliphatic carbocycles. The van der Waals surface area contributed by atoms with Gasteiger partial charge in [-0.3, -0.25) is 4.79 Å². The molecular weight excluding hydrogens is 184 g/mol. The highest BCUT2D eigenvalue weighted by Crippen LogP contribution is 2.05. The van der Waals surface area contributed by atoms with E-state index in [1.165, 1.54) is 0 Å². The van der Waals surface area contributed by atoms with Crippen LogP contribution >= 0.6 is 0 Å². The number of hydrogen-bond acceptors (Lipinski definition) is 3. The third-order valence-electron chi connectivity index (χ3n) is 1.29. The highest BCUT2D eigenvalue weighted by Gasteiger charge is 2.19. The van der Waals surface area contributed by atoms with Crippen molar-refractivity contribution in [3.63, 3.8) is 0 Å². The molecule has 0 N–H and O–H groups in total. The summed E-state index contributed by atoms with van der Waals surface area (Å²) in [6.07, 6.45) is 1.24. The molecule has 0 bridgehead atoms. The Morgan fingerprint density at radius 3 is 2.38 bits per heavy atom. The maximum Gasteiger partial charge on any atom is 0.292 e. The number of ether oxygens (including phenoxy) is 1. The van der Waals surface area contributed by atoms with Crippen LogP contribution in [-0.2, 0) is 14.0 Å². The van der Waals surface area contributed by atoms with Crippen LogP contribution in [-0.4, -0.2) is 27.5 Å². The molecule has 78 valence electrons. The summed E-state index contributed by atoms with van der Waals surface area (Å²) in [4.78, 5) is 11.2. The van der Waals surface area contributed by atoms with E-state index in [9.17, 15) is 4.79 Å². The highest BCUT2D eigenvalue weighted by molar-refractivity contribution is 6.71. The first-order valence-corrected chi connectivity index (χ1v) is 8.16. The molecule has 0 rings (SSSR count). The molecule has 0 radical (unpaired) electrons. The predicted octanol–water partition coefficient (Wildman–Crippen LogP) is 2.18. The van der Waals surface area contributed by atoms with Crippen LogP contribution in [0.15, 0.2) is 0 Å². The standard InChI is InChI=1S/C9H20O3Si/c1-5-11-8-6-7-9(10)12-13(2,3)4/h5-8H2,1-4H3. The Morgan fingerprint density at radius 2 is 1.92 bits per heavy atom. The van der Waals surface area contributed by atoms with Crippen molar-refractivity contribution in [1.82, 2.24) is 0 Å². The molecule has 3 nitrogen and oxygen atoms in total. The Balaban J connectivity index is 3.41. The van der Waals surface area contributed by atoms with Crippen molar-refractivity contribution in [3.05, 3.63) is 0 Å². The predicted molar refractivity (Wildman–Crippen MR) is 55.2 cm³/mol. The average molecular weight is 204 g/mol.